The molecule has 100 valence electrons. The molecular weight excluding hydrogens is 228 g/mol. The van der Waals surface area contributed by atoms with Gasteiger partial charge in [0, 0.05) is 25.3 Å². The van der Waals surface area contributed by atoms with Crippen molar-refractivity contribution in [1.29, 1.82) is 0 Å². The summed E-state index contributed by atoms with van der Waals surface area (Å²) in [5.74, 6) is 0. The highest BCUT2D eigenvalue weighted by atomic mass is 28.4. The molecule has 0 aliphatic heterocycles. The molecule has 0 spiro atoms. The SMILES string of the molecule is CO[Si](OC)(C1CCCCCC1)C1CCCC1. The summed E-state index contributed by atoms with van der Waals surface area (Å²) in [4.78, 5) is 0. The van der Waals surface area contributed by atoms with Crippen molar-refractivity contribution in [1.82, 2.24) is 0 Å². The van der Waals surface area contributed by atoms with E-state index in [-0.39, 0.29) is 0 Å². The summed E-state index contributed by atoms with van der Waals surface area (Å²) in [6, 6.07) is 0. The van der Waals surface area contributed by atoms with Crippen LogP contribution in [0.2, 0.25) is 11.1 Å². The summed E-state index contributed by atoms with van der Waals surface area (Å²) in [7, 11) is 1.89. The first-order valence-corrected chi connectivity index (χ1v) is 9.41. The van der Waals surface area contributed by atoms with E-state index in [1.165, 1.54) is 64.2 Å². The van der Waals surface area contributed by atoms with Crippen LogP contribution in [0.5, 0.6) is 0 Å². The normalized spacial score (nSPS) is 25.1. The number of hydrogen-bond acceptors (Lipinski definition) is 2. The van der Waals surface area contributed by atoms with Gasteiger partial charge in [0.15, 0.2) is 0 Å². The van der Waals surface area contributed by atoms with Crippen molar-refractivity contribution in [2.75, 3.05) is 14.2 Å². The van der Waals surface area contributed by atoms with E-state index in [1.807, 2.05) is 14.2 Å². The van der Waals surface area contributed by atoms with Crippen LogP contribution in [-0.4, -0.2) is 22.8 Å². The predicted molar refractivity (Wildman–Crippen MR) is 73.4 cm³/mol. The lowest BCUT2D eigenvalue weighted by atomic mass is 10.2. The topological polar surface area (TPSA) is 18.5 Å². The predicted octanol–water partition coefficient (Wildman–Crippen LogP) is 4.39. The van der Waals surface area contributed by atoms with Gasteiger partial charge in [0.2, 0.25) is 0 Å². The molecule has 0 radical (unpaired) electrons. The van der Waals surface area contributed by atoms with Crippen molar-refractivity contribution < 1.29 is 8.85 Å². The smallest absolute Gasteiger partial charge is 0.344 e. The van der Waals surface area contributed by atoms with Gasteiger partial charge < -0.3 is 8.85 Å². The monoisotopic (exact) mass is 256 g/mol. The molecule has 0 saturated heterocycles. The molecule has 2 nitrogen and oxygen atoms in total. The summed E-state index contributed by atoms with van der Waals surface area (Å²) in [5, 5.41) is 0. The fraction of sp³-hybridized carbons (Fsp3) is 1.00. The van der Waals surface area contributed by atoms with Crippen molar-refractivity contribution in [3.05, 3.63) is 0 Å². The van der Waals surface area contributed by atoms with Crippen molar-refractivity contribution >= 4 is 8.56 Å². The Balaban J connectivity index is 2.12. The molecule has 0 amide bonds. The Labute approximate surface area is 107 Å². The zero-order chi connectivity index (χ0) is 12.1. The molecule has 0 aromatic rings. The zero-order valence-corrected chi connectivity index (χ0v) is 12.5. The lowest BCUT2D eigenvalue weighted by Gasteiger charge is -2.39. The minimum Gasteiger partial charge on any atom is -0.397 e. The fourth-order valence-electron chi connectivity index (χ4n) is 4.09. The van der Waals surface area contributed by atoms with Crippen molar-refractivity contribution in [2.45, 2.75) is 75.3 Å². The number of hydrogen-bond donors (Lipinski definition) is 0. The third-order valence-electron chi connectivity index (χ3n) is 4.99. The van der Waals surface area contributed by atoms with Gasteiger partial charge >= 0.3 is 8.56 Å². The average molecular weight is 256 g/mol. The molecule has 2 saturated carbocycles. The van der Waals surface area contributed by atoms with Gasteiger partial charge in [-0.2, -0.15) is 0 Å². The maximum Gasteiger partial charge on any atom is 0.344 e. The fourth-order valence-corrected chi connectivity index (χ4v) is 8.69. The van der Waals surface area contributed by atoms with E-state index in [1.54, 1.807) is 0 Å². The van der Waals surface area contributed by atoms with E-state index < -0.39 is 8.56 Å². The third-order valence-corrected chi connectivity index (χ3v) is 9.69. The molecular formula is C14H28O2Si. The van der Waals surface area contributed by atoms with Crippen LogP contribution in [0.15, 0.2) is 0 Å². The van der Waals surface area contributed by atoms with E-state index in [0.717, 1.165) is 11.1 Å². The summed E-state index contributed by atoms with van der Waals surface area (Å²) in [6.45, 7) is 0. The molecule has 2 aliphatic rings. The maximum absolute atomic E-state index is 6.08. The van der Waals surface area contributed by atoms with Crippen LogP contribution in [0.4, 0.5) is 0 Å². The van der Waals surface area contributed by atoms with Crippen LogP contribution < -0.4 is 0 Å². The molecule has 0 unspecified atom stereocenters. The van der Waals surface area contributed by atoms with Crippen LogP contribution >= 0.6 is 0 Å². The first-order chi connectivity index (χ1) is 8.33. The van der Waals surface area contributed by atoms with Crippen LogP contribution in [-0.2, 0) is 8.85 Å². The van der Waals surface area contributed by atoms with Crippen LogP contribution in [0, 0.1) is 0 Å². The van der Waals surface area contributed by atoms with Crippen molar-refractivity contribution in [3.63, 3.8) is 0 Å². The molecule has 2 rings (SSSR count). The third kappa shape index (κ3) is 2.77. The summed E-state index contributed by atoms with van der Waals surface area (Å²) >= 11 is 0. The molecule has 17 heavy (non-hydrogen) atoms. The van der Waals surface area contributed by atoms with E-state index in [2.05, 4.69) is 0 Å². The molecule has 0 aromatic heterocycles. The molecule has 2 fully saturated rings. The van der Waals surface area contributed by atoms with E-state index >= 15 is 0 Å². The second kappa shape index (κ2) is 6.35. The van der Waals surface area contributed by atoms with Gasteiger partial charge in [-0.15, -0.1) is 0 Å². The minimum absolute atomic E-state index is 0.753. The highest BCUT2D eigenvalue weighted by Gasteiger charge is 2.51. The molecule has 3 heteroatoms. The second-order valence-electron chi connectivity index (χ2n) is 5.80. The summed E-state index contributed by atoms with van der Waals surface area (Å²) < 4.78 is 12.2. The molecule has 0 aromatic carbocycles. The zero-order valence-electron chi connectivity index (χ0n) is 11.5. The summed E-state index contributed by atoms with van der Waals surface area (Å²) in [6.07, 6.45) is 13.8. The van der Waals surface area contributed by atoms with Gasteiger partial charge in [0.1, 0.15) is 0 Å². The number of rotatable bonds is 4. The largest absolute Gasteiger partial charge is 0.397 e. The highest BCUT2D eigenvalue weighted by Crippen LogP contribution is 2.48. The molecule has 0 N–H and O–H groups in total. The van der Waals surface area contributed by atoms with Gasteiger partial charge in [-0.1, -0.05) is 38.5 Å². The first-order valence-electron chi connectivity index (χ1n) is 7.44. The minimum atomic E-state index is -1.94. The Morgan fingerprint density at radius 2 is 1.00 bits per heavy atom. The molecule has 0 heterocycles. The molecule has 2 aliphatic carbocycles. The van der Waals surface area contributed by atoms with Gasteiger partial charge in [0.25, 0.3) is 0 Å². The van der Waals surface area contributed by atoms with Crippen LogP contribution in [0.1, 0.15) is 64.2 Å². The van der Waals surface area contributed by atoms with E-state index in [9.17, 15) is 0 Å². The Morgan fingerprint density at radius 3 is 1.35 bits per heavy atom. The van der Waals surface area contributed by atoms with Crippen molar-refractivity contribution in [3.8, 4) is 0 Å². The lowest BCUT2D eigenvalue weighted by Crippen LogP contribution is -2.49. The second-order valence-corrected chi connectivity index (χ2v) is 9.69. The standard InChI is InChI=1S/C14H28O2Si/c1-15-17(16-2,14-11-7-8-12-14)13-9-5-3-4-6-10-13/h13-14H,3-12H2,1-2H3. The van der Waals surface area contributed by atoms with Crippen LogP contribution in [0.3, 0.4) is 0 Å². The van der Waals surface area contributed by atoms with E-state index in [4.69, 9.17) is 8.85 Å². The Bertz CT molecular complexity index is 214. The molecule has 0 bridgehead atoms. The van der Waals surface area contributed by atoms with Gasteiger partial charge in [-0.3, -0.25) is 0 Å². The maximum atomic E-state index is 6.08. The molecule has 0 atom stereocenters. The van der Waals surface area contributed by atoms with Crippen LogP contribution in [0.25, 0.3) is 0 Å². The first kappa shape index (κ1) is 13.6. The summed E-state index contributed by atoms with van der Waals surface area (Å²) in [5.41, 5.74) is 1.52. The van der Waals surface area contributed by atoms with Gasteiger partial charge in [-0.05, 0) is 25.7 Å². The highest BCUT2D eigenvalue weighted by molar-refractivity contribution is 6.70. The Kier molecular flexibility index (Phi) is 5.06. The lowest BCUT2D eigenvalue weighted by molar-refractivity contribution is 0.210. The quantitative estimate of drug-likeness (QED) is 0.548. The Morgan fingerprint density at radius 1 is 0.647 bits per heavy atom. The van der Waals surface area contributed by atoms with Gasteiger partial charge in [0.05, 0.1) is 0 Å². The average Bonchev–Trinajstić information content (AvgIpc) is 2.76. The van der Waals surface area contributed by atoms with Gasteiger partial charge in [-0.25, -0.2) is 0 Å². The Hall–Kier alpha value is 0.137. The van der Waals surface area contributed by atoms with E-state index in [0.29, 0.717) is 0 Å². The van der Waals surface area contributed by atoms with Crippen molar-refractivity contribution in [2.24, 2.45) is 0 Å².